The molecule has 0 spiro atoms. The summed E-state index contributed by atoms with van der Waals surface area (Å²) in [5.41, 5.74) is 1.39. The van der Waals surface area contributed by atoms with Gasteiger partial charge in [0, 0.05) is 47.0 Å². The van der Waals surface area contributed by atoms with E-state index in [4.69, 9.17) is 23.2 Å². The molecule has 2 aromatic heterocycles. The molecule has 9 heteroatoms. The van der Waals surface area contributed by atoms with Crippen LogP contribution >= 0.6 is 34.5 Å². The third-order valence-corrected chi connectivity index (χ3v) is 7.37. The van der Waals surface area contributed by atoms with Crippen LogP contribution in [0, 0.1) is 12.3 Å². The average molecular weight is 493 g/mol. The van der Waals surface area contributed by atoms with Crippen LogP contribution < -0.4 is 0 Å². The zero-order valence-corrected chi connectivity index (χ0v) is 20.9. The molecule has 3 aromatic rings. The third-order valence-electron chi connectivity index (χ3n) is 5.65. The summed E-state index contributed by atoms with van der Waals surface area (Å²) in [6, 6.07) is 7.35. The van der Waals surface area contributed by atoms with E-state index in [1.54, 1.807) is 6.07 Å². The number of rotatable bonds is 3. The van der Waals surface area contributed by atoms with Crippen molar-refractivity contribution in [2.45, 2.75) is 34.2 Å². The van der Waals surface area contributed by atoms with Crippen LogP contribution in [0.15, 0.2) is 24.3 Å². The van der Waals surface area contributed by atoms with Crippen molar-refractivity contribution in [2.75, 3.05) is 26.2 Å². The van der Waals surface area contributed by atoms with Crippen molar-refractivity contribution >= 4 is 56.6 Å². The van der Waals surface area contributed by atoms with Crippen molar-refractivity contribution in [3.05, 3.63) is 50.4 Å². The number of carbonyl (C=O) groups excluding carboxylic acids is 2. The average Bonchev–Trinajstić information content (AvgIpc) is 3.29. The number of hydrogen-bond donors (Lipinski definition) is 0. The number of nitrogens with zero attached hydrogens (tertiary/aromatic N) is 4. The summed E-state index contributed by atoms with van der Waals surface area (Å²) in [7, 11) is 0. The van der Waals surface area contributed by atoms with Gasteiger partial charge in [0.25, 0.3) is 5.91 Å². The highest BCUT2D eigenvalue weighted by molar-refractivity contribution is 7.20. The van der Waals surface area contributed by atoms with Crippen LogP contribution in [0.2, 0.25) is 10.0 Å². The summed E-state index contributed by atoms with van der Waals surface area (Å²) in [6.07, 6.45) is 0. The van der Waals surface area contributed by atoms with E-state index in [0.29, 0.717) is 47.6 Å². The van der Waals surface area contributed by atoms with E-state index in [9.17, 15) is 9.59 Å². The molecular formula is C23H26Cl2N4O2S. The maximum Gasteiger partial charge on any atom is 0.264 e. The molecular weight excluding hydrogens is 467 g/mol. The monoisotopic (exact) mass is 492 g/mol. The van der Waals surface area contributed by atoms with Crippen LogP contribution in [0.4, 0.5) is 0 Å². The Labute approximate surface area is 201 Å². The number of carbonyl (C=O) groups is 2. The second-order valence-electron chi connectivity index (χ2n) is 9.14. The van der Waals surface area contributed by atoms with Crippen LogP contribution in [0.25, 0.3) is 10.2 Å². The van der Waals surface area contributed by atoms with Crippen molar-refractivity contribution in [3.63, 3.8) is 0 Å². The molecule has 2 amide bonds. The number of hydrogen-bond acceptors (Lipinski definition) is 4. The van der Waals surface area contributed by atoms with Gasteiger partial charge in [-0.3, -0.25) is 14.3 Å². The molecule has 0 aliphatic carbocycles. The summed E-state index contributed by atoms with van der Waals surface area (Å²) in [4.78, 5) is 31.0. The summed E-state index contributed by atoms with van der Waals surface area (Å²) >= 11 is 13.8. The number of benzene rings is 1. The van der Waals surface area contributed by atoms with E-state index >= 15 is 0 Å². The Bertz CT molecular complexity index is 1190. The molecule has 3 heterocycles. The van der Waals surface area contributed by atoms with Crippen molar-refractivity contribution in [3.8, 4) is 0 Å². The zero-order valence-electron chi connectivity index (χ0n) is 18.6. The first-order valence-electron chi connectivity index (χ1n) is 10.5. The quantitative estimate of drug-likeness (QED) is 0.511. The largest absolute Gasteiger partial charge is 0.339 e. The first-order chi connectivity index (χ1) is 15.0. The summed E-state index contributed by atoms with van der Waals surface area (Å²) in [5, 5.41) is 6.80. The highest BCUT2D eigenvalue weighted by atomic mass is 35.5. The molecule has 1 fully saturated rings. The Morgan fingerprint density at radius 2 is 1.72 bits per heavy atom. The van der Waals surface area contributed by atoms with Gasteiger partial charge in [-0.25, -0.2) is 0 Å². The number of halogens is 2. The second kappa shape index (κ2) is 8.69. The molecule has 0 unspecified atom stereocenters. The van der Waals surface area contributed by atoms with Gasteiger partial charge in [-0.05, 0) is 30.7 Å². The summed E-state index contributed by atoms with van der Waals surface area (Å²) < 4.78 is 1.89. The van der Waals surface area contributed by atoms with Crippen molar-refractivity contribution in [2.24, 2.45) is 5.41 Å². The summed E-state index contributed by atoms with van der Waals surface area (Å²) in [5.74, 6) is 0.132. The third kappa shape index (κ3) is 4.51. The minimum Gasteiger partial charge on any atom is -0.339 e. The first-order valence-corrected chi connectivity index (χ1v) is 12.1. The number of aryl methyl sites for hydroxylation is 1. The van der Waals surface area contributed by atoms with Gasteiger partial charge in [0.15, 0.2) is 0 Å². The fourth-order valence-electron chi connectivity index (χ4n) is 3.88. The number of piperazine rings is 1. The van der Waals surface area contributed by atoms with Gasteiger partial charge in [-0.2, -0.15) is 5.10 Å². The lowest BCUT2D eigenvalue weighted by molar-refractivity contribution is -0.140. The highest BCUT2D eigenvalue weighted by Gasteiger charge is 2.31. The lowest BCUT2D eigenvalue weighted by Crippen LogP contribution is -2.52. The molecule has 32 heavy (non-hydrogen) atoms. The van der Waals surface area contributed by atoms with Crippen LogP contribution in [-0.4, -0.2) is 57.6 Å². The molecule has 0 N–H and O–H groups in total. The van der Waals surface area contributed by atoms with Gasteiger partial charge in [0.2, 0.25) is 5.91 Å². The number of aromatic nitrogens is 2. The fraction of sp³-hybridized carbons (Fsp3) is 0.435. The zero-order chi connectivity index (χ0) is 23.2. The van der Waals surface area contributed by atoms with E-state index < -0.39 is 5.41 Å². The van der Waals surface area contributed by atoms with Gasteiger partial charge >= 0.3 is 0 Å². The van der Waals surface area contributed by atoms with Gasteiger partial charge in [0.05, 0.1) is 17.1 Å². The lowest BCUT2D eigenvalue weighted by Gasteiger charge is -2.37. The van der Waals surface area contributed by atoms with Crippen molar-refractivity contribution in [1.29, 1.82) is 0 Å². The SMILES string of the molecule is Cc1nn(Cc2ccc(Cl)cc2Cl)c2sc(C(=O)N3CCN(C(=O)C(C)(C)C)CC3)cc12. The molecule has 170 valence electrons. The maximum atomic E-state index is 13.2. The predicted molar refractivity (Wildman–Crippen MR) is 130 cm³/mol. The van der Waals surface area contributed by atoms with E-state index in [2.05, 4.69) is 5.10 Å². The van der Waals surface area contributed by atoms with Crippen molar-refractivity contribution < 1.29 is 9.59 Å². The Hall–Kier alpha value is -2.09. The van der Waals surface area contributed by atoms with E-state index in [1.807, 2.05) is 60.4 Å². The van der Waals surface area contributed by atoms with Crippen LogP contribution in [0.1, 0.15) is 41.7 Å². The fourth-order valence-corrected chi connectivity index (χ4v) is 5.48. The van der Waals surface area contributed by atoms with E-state index in [0.717, 1.165) is 21.5 Å². The minimum absolute atomic E-state index is 0.00420. The van der Waals surface area contributed by atoms with Gasteiger partial charge in [0.1, 0.15) is 4.83 Å². The second-order valence-corrected chi connectivity index (χ2v) is 11.0. The Kier molecular flexibility index (Phi) is 6.27. The smallest absolute Gasteiger partial charge is 0.264 e. The Morgan fingerprint density at radius 1 is 1.06 bits per heavy atom. The predicted octanol–water partition coefficient (Wildman–Crippen LogP) is 5.09. The van der Waals surface area contributed by atoms with Gasteiger partial charge in [-0.1, -0.05) is 50.0 Å². The summed E-state index contributed by atoms with van der Waals surface area (Å²) in [6.45, 7) is 10.4. The molecule has 1 saturated heterocycles. The lowest BCUT2D eigenvalue weighted by atomic mass is 9.94. The molecule has 0 bridgehead atoms. The molecule has 0 radical (unpaired) electrons. The van der Waals surface area contributed by atoms with Gasteiger partial charge < -0.3 is 9.80 Å². The topological polar surface area (TPSA) is 58.4 Å². The van der Waals surface area contributed by atoms with E-state index in [1.165, 1.54) is 11.3 Å². The molecule has 0 atom stereocenters. The van der Waals surface area contributed by atoms with Crippen molar-refractivity contribution in [1.82, 2.24) is 19.6 Å². The van der Waals surface area contributed by atoms with E-state index in [-0.39, 0.29) is 11.8 Å². The molecule has 0 saturated carbocycles. The molecule has 1 aliphatic heterocycles. The molecule has 4 rings (SSSR count). The Balaban J connectivity index is 1.51. The molecule has 1 aromatic carbocycles. The molecule has 1 aliphatic rings. The van der Waals surface area contributed by atoms with Gasteiger partial charge in [-0.15, -0.1) is 11.3 Å². The highest BCUT2D eigenvalue weighted by Crippen LogP contribution is 2.31. The number of thiophene rings is 1. The maximum absolute atomic E-state index is 13.2. The van der Waals surface area contributed by atoms with Crippen LogP contribution in [0.5, 0.6) is 0 Å². The van der Waals surface area contributed by atoms with Crippen LogP contribution in [-0.2, 0) is 11.3 Å². The van der Waals surface area contributed by atoms with Crippen LogP contribution in [0.3, 0.4) is 0 Å². The number of amides is 2. The standard InChI is InChI=1S/C23H26Cl2N4O2S/c1-14-17-12-19(20(30)27-7-9-28(10-8-27)22(31)23(2,3)4)32-21(17)29(26-14)13-15-5-6-16(24)11-18(15)25/h5-6,11-12H,7-10,13H2,1-4H3. The number of fused-ring (bicyclic) bond motifs is 1. The molecule has 6 nitrogen and oxygen atoms in total. The first kappa shape index (κ1) is 23.1. The Morgan fingerprint density at radius 3 is 2.34 bits per heavy atom. The minimum atomic E-state index is -0.409. The normalized spacial score (nSPS) is 14.9.